The first-order chi connectivity index (χ1) is 11.7. The van der Waals surface area contributed by atoms with Crippen LogP contribution in [0.4, 0.5) is 5.69 Å². The Morgan fingerprint density at radius 2 is 1.79 bits per heavy atom. The zero-order valence-corrected chi connectivity index (χ0v) is 13.1. The van der Waals surface area contributed by atoms with Crippen molar-refractivity contribution in [1.82, 2.24) is 0 Å². The first-order valence-electron chi connectivity index (χ1n) is 7.72. The molecular formula is C18H15N5O. The first-order valence-corrected chi connectivity index (χ1v) is 7.72. The molecule has 4 rings (SSSR count). The molecule has 6 heteroatoms. The molecule has 0 saturated carbocycles. The maximum atomic E-state index is 12.3. The molecule has 2 aromatic rings. The maximum absolute atomic E-state index is 12.3. The van der Waals surface area contributed by atoms with E-state index in [-0.39, 0.29) is 11.9 Å². The van der Waals surface area contributed by atoms with Gasteiger partial charge in [0.2, 0.25) is 0 Å². The van der Waals surface area contributed by atoms with Crippen LogP contribution in [0.25, 0.3) is 0 Å². The van der Waals surface area contributed by atoms with E-state index >= 15 is 0 Å². The van der Waals surface area contributed by atoms with Gasteiger partial charge in [-0.2, -0.15) is 5.11 Å². The van der Waals surface area contributed by atoms with Gasteiger partial charge in [0.15, 0.2) is 11.5 Å². The van der Waals surface area contributed by atoms with Crippen molar-refractivity contribution in [2.24, 2.45) is 20.4 Å². The monoisotopic (exact) mass is 317 g/mol. The molecule has 1 amide bonds. The number of hydrogen-bond acceptors (Lipinski definition) is 4. The molecule has 0 bridgehead atoms. The van der Waals surface area contributed by atoms with E-state index in [1.807, 2.05) is 54.6 Å². The van der Waals surface area contributed by atoms with Crippen molar-refractivity contribution in [3.8, 4) is 0 Å². The third-order valence-electron chi connectivity index (χ3n) is 4.17. The number of nitrogens with zero attached hydrogens (tertiary/aromatic N) is 5. The summed E-state index contributed by atoms with van der Waals surface area (Å²) in [5.41, 5.74) is 3.08. The van der Waals surface area contributed by atoms with Crippen LogP contribution in [-0.4, -0.2) is 24.5 Å². The predicted molar refractivity (Wildman–Crippen MR) is 92.5 cm³/mol. The zero-order chi connectivity index (χ0) is 16.5. The smallest absolute Gasteiger partial charge is 0.279 e. The van der Waals surface area contributed by atoms with E-state index in [0.29, 0.717) is 18.0 Å². The molecule has 6 nitrogen and oxygen atoms in total. The molecule has 0 N–H and O–H groups in total. The van der Waals surface area contributed by atoms with Gasteiger partial charge in [-0.3, -0.25) is 4.79 Å². The Hall–Kier alpha value is -3.15. The number of fused-ring (bicyclic) bond motifs is 1. The minimum atomic E-state index is -0.157. The molecule has 24 heavy (non-hydrogen) atoms. The lowest BCUT2D eigenvalue weighted by molar-refractivity contribution is -0.111. The molecule has 1 atom stereocenters. The second-order valence-corrected chi connectivity index (χ2v) is 5.69. The van der Waals surface area contributed by atoms with Gasteiger partial charge in [-0.25, -0.2) is 0 Å². The van der Waals surface area contributed by atoms with Crippen LogP contribution in [0.3, 0.4) is 0 Å². The van der Waals surface area contributed by atoms with Gasteiger partial charge < -0.3 is 4.90 Å². The summed E-state index contributed by atoms with van der Waals surface area (Å²) < 4.78 is 0. The van der Waals surface area contributed by atoms with Gasteiger partial charge in [-0.05, 0) is 11.6 Å². The van der Waals surface area contributed by atoms with Crippen LogP contribution in [0, 0.1) is 0 Å². The highest BCUT2D eigenvalue weighted by atomic mass is 16.2. The summed E-state index contributed by atoms with van der Waals surface area (Å²) in [6, 6.07) is 17.5. The van der Waals surface area contributed by atoms with Crippen LogP contribution >= 0.6 is 0 Å². The number of amides is 1. The number of rotatable bonds is 2. The Kier molecular flexibility index (Phi) is 3.49. The number of carbonyl (C=O) groups is 1. The summed E-state index contributed by atoms with van der Waals surface area (Å²) >= 11 is 0. The molecular weight excluding hydrogens is 302 g/mol. The van der Waals surface area contributed by atoms with Gasteiger partial charge >= 0.3 is 0 Å². The number of amidine groups is 1. The molecule has 2 heterocycles. The third kappa shape index (κ3) is 2.42. The quantitative estimate of drug-likeness (QED) is 0.783. The van der Waals surface area contributed by atoms with Crippen molar-refractivity contribution in [1.29, 1.82) is 0 Å². The second kappa shape index (κ2) is 5.81. The number of hydrogen-bond donors (Lipinski definition) is 0. The Morgan fingerprint density at radius 1 is 1.04 bits per heavy atom. The molecule has 118 valence electrons. The highest BCUT2D eigenvalue weighted by Gasteiger charge is 2.31. The number of likely N-dealkylation sites (N-methyl/N-ethyl adjacent to an activating group) is 1. The van der Waals surface area contributed by atoms with Gasteiger partial charge in [0.05, 0.1) is 5.69 Å². The topological polar surface area (TPSA) is 69.8 Å². The van der Waals surface area contributed by atoms with E-state index in [4.69, 9.17) is 0 Å². The Bertz CT molecular complexity index is 885. The Balaban J connectivity index is 1.59. The summed E-state index contributed by atoms with van der Waals surface area (Å²) in [7, 11) is 1.73. The Morgan fingerprint density at radius 3 is 2.62 bits per heavy atom. The van der Waals surface area contributed by atoms with Gasteiger partial charge in [-0.15, -0.1) is 15.3 Å². The largest absolute Gasteiger partial charge is 0.309 e. The summed E-state index contributed by atoms with van der Waals surface area (Å²) in [6.45, 7) is 0. The normalized spacial score (nSPS) is 22.6. The van der Waals surface area contributed by atoms with Gasteiger partial charge in [-0.1, -0.05) is 48.5 Å². The van der Waals surface area contributed by atoms with Crippen molar-refractivity contribution in [3.63, 3.8) is 0 Å². The van der Waals surface area contributed by atoms with Crippen molar-refractivity contribution >= 4 is 23.1 Å². The van der Waals surface area contributed by atoms with Crippen LogP contribution in [0.2, 0.25) is 0 Å². The van der Waals surface area contributed by atoms with Gasteiger partial charge in [0.1, 0.15) is 6.04 Å². The van der Waals surface area contributed by atoms with Crippen molar-refractivity contribution in [3.05, 3.63) is 65.7 Å². The highest BCUT2D eigenvalue weighted by Crippen LogP contribution is 2.29. The first kappa shape index (κ1) is 14.4. The van der Waals surface area contributed by atoms with Crippen LogP contribution in [0.5, 0.6) is 0 Å². The molecule has 0 aliphatic carbocycles. The summed E-state index contributed by atoms with van der Waals surface area (Å²) in [5, 5.41) is 16.7. The fourth-order valence-electron chi connectivity index (χ4n) is 2.87. The van der Waals surface area contributed by atoms with Crippen molar-refractivity contribution in [2.75, 3.05) is 11.9 Å². The predicted octanol–water partition coefficient (Wildman–Crippen LogP) is 3.36. The fraction of sp³-hybridized carbons (Fsp3) is 0.167. The number of benzene rings is 2. The van der Waals surface area contributed by atoms with E-state index in [1.54, 1.807) is 11.9 Å². The highest BCUT2D eigenvalue weighted by molar-refractivity contribution is 6.54. The lowest BCUT2D eigenvalue weighted by atomic mass is 10.1. The van der Waals surface area contributed by atoms with Crippen molar-refractivity contribution in [2.45, 2.75) is 12.5 Å². The van der Waals surface area contributed by atoms with Gasteiger partial charge in [0, 0.05) is 19.0 Å². The molecule has 0 aromatic heterocycles. The zero-order valence-electron chi connectivity index (χ0n) is 13.1. The standard InChI is InChI=1S/C18H15N5O/c1-23-15-10-6-5-9-13(15)17(18(23)24)22-21-16-11-14(19-20-16)12-7-3-2-4-8-12/h2-10,14H,11H2,1H3/b21-16+,22-17+/t14-/m0/s1. The van der Waals surface area contributed by atoms with Crippen LogP contribution in [0.1, 0.15) is 23.6 Å². The molecule has 2 aliphatic heterocycles. The SMILES string of the molecule is CN1C(=O)/C(=N/N=C2\C[C@@H](c3ccccc3)N=N2)c2ccccc21. The second-order valence-electron chi connectivity index (χ2n) is 5.69. The minimum Gasteiger partial charge on any atom is -0.309 e. The van der Waals surface area contributed by atoms with Crippen LogP contribution in [0.15, 0.2) is 75.0 Å². The Labute approximate surface area is 139 Å². The van der Waals surface area contributed by atoms with E-state index in [2.05, 4.69) is 20.4 Å². The summed E-state index contributed by atoms with van der Waals surface area (Å²) in [6.07, 6.45) is 0.590. The molecule has 0 spiro atoms. The minimum absolute atomic E-state index is 0.0283. The summed E-state index contributed by atoms with van der Waals surface area (Å²) in [5.74, 6) is 0.381. The number of anilines is 1. The summed E-state index contributed by atoms with van der Waals surface area (Å²) in [4.78, 5) is 13.9. The van der Waals surface area contributed by atoms with E-state index in [1.165, 1.54) is 0 Å². The average Bonchev–Trinajstić information content (AvgIpc) is 3.19. The fourth-order valence-corrected chi connectivity index (χ4v) is 2.87. The molecule has 0 fully saturated rings. The average molecular weight is 317 g/mol. The molecule has 2 aliphatic rings. The van der Waals surface area contributed by atoms with Crippen LogP contribution in [-0.2, 0) is 4.79 Å². The number of carbonyl (C=O) groups excluding carboxylic acids is 1. The van der Waals surface area contributed by atoms with E-state index < -0.39 is 0 Å². The number of para-hydroxylation sites is 1. The van der Waals surface area contributed by atoms with Crippen LogP contribution < -0.4 is 4.90 Å². The van der Waals surface area contributed by atoms with Crippen molar-refractivity contribution < 1.29 is 4.79 Å². The van der Waals surface area contributed by atoms with E-state index in [9.17, 15) is 4.79 Å². The third-order valence-corrected chi connectivity index (χ3v) is 4.17. The lowest BCUT2D eigenvalue weighted by Gasteiger charge is -2.07. The number of azo groups is 1. The van der Waals surface area contributed by atoms with Gasteiger partial charge in [0.25, 0.3) is 5.91 Å². The molecule has 2 aromatic carbocycles. The lowest BCUT2D eigenvalue weighted by Crippen LogP contribution is -2.25. The van der Waals surface area contributed by atoms with E-state index in [0.717, 1.165) is 16.8 Å². The molecule has 0 saturated heterocycles. The molecule has 0 unspecified atom stereocenters. The molecule has 0 radical (unpaired) electrons. The maximum Gasteiger partial charge on any atom is 0.279 e.